The van der Waals surface area contributed by atoms with Crippen molar-refractivity contribution in [2.75, 3.05) is 19.4 Å². The summed E-state index contributed by atoms with van der Waals surface area (Å²) in [6.45, 7) is 0.246. The van der Waals surface area contributed by atoms with Gasteiger partial charge in [0.1, 0.15) is 11.6 Å². The number of rotatable bonds is 4. The van der Waals surface area contributed by atoms with E-state index in [2.05, 4.69) is 5.32 Å². The molecule has 0 aliphatic rings. The number of carbonyl (C=O) groups is 1. The molecule has 0 aliphatic carbocycles. The topological polar surface area (TPSA) is 32.3 Å². The van der Waals surface area contributed by atoms with E-state index in [1.165, 1.54) is 29.2 Å². The summed E-state index contributed by atoms with van der Waals surface area (Å²) in [5, 5.41) is 2.69. The molecule has 0 saturated heterocycles. The Morgan fingerprint density at radius 3 is 2.57 bits per heavy atom. The fraction of sp³-hybridized carbons (Fsp3) is 0.188. The van der Waals surface area contributed by atoms with Crippen molar-refractivity contribution in [2.24, 2.45) is 0 Å². The monoisotopic (exact) mass is 290 g/mol. The van der Waals surface area contributed by atoms with Crippen LogP contribution in [0.4, 0.5) is 14.5 Å². The molecule has 0 bridgehead atoms. The second-order valence-electron chi connectivity index (χ2n) is 4.70. The minimum Gasteiger partial charge on any atom is -0.385 e. The lowest BCUT2D eigenvalue weighted by Crippen LogP contribution is -2.27. The third-order valence-electron chi connectivity index (χ3n) is 3.15. The quantitative estimate of drug-likeness (QED) is 0.937. The van der Waals surface area contributed by atoms with E-state index in [0.717, 1.165) is 0 Å². The molecule has 0 fully saturated rings. The molecular weight excluding hydrogens is 274 g/mol. The second-order valence-corrected chi connectivity index (χ2v) is 4.70. The lowest BCUT2D eigenvalue weighted by molar-refractivity contribution is 0.0785. The van der Waals surface area contributed by atoms with Crippen molar-refractivity contribution in [3.05, 3.63) is 65.2 Å². The Morgan fingerprint density at radius 1 is 1.19 bits per heavy atom. The SMILES string of the molecule is CNc1c(F)cccc1C(=O)N(C)Cc1cccc(F)c1. The van der Waals surface area contributed by atoms with Crippen molar-refractivity contribution in [3.8, 4) is 0 Å². The zero-order chi connectivity index (χ0) is 15.4. The summed E-state index contributed by atoms with van der Waals surface area (Å²) in [5.41, 5.74) is 1.08. The fourth-order valence-corrected chi connectivity index (χ4v) is 2.14. The predicted molar refractivity (Wildman–Crippen MR) is 78.1 cm³/mol. The molecule has 0 spiro atoms. The Hall–Kier alpha value is -2.43. The molecule has 2 aromatic carbocycles. The first-order chi connectivity index (χ1) is 10.0. The van der Waals surface area contributed by atoms with Gasteiger partial charge in [0.2, 0.25) is 0 Å². The number of carbonyl (C=O) groups excluding carboxylic acids is 1. The van der Waals surface area contributed by atoms with Gasteiger partial charge < -0.3 is 10.2 Å². The van der Waals surface area contributed by atoms with Crippen molar-refractivity contribution < 1.29 is 13.6 Å². The summed E-state index contributed by atoms with van der Waals surface area (Å²) >= 11 is 0. The van der Waals surface area contributed by atoms with Gasteiger partial charge in [0.15, 0.2) is 0 Å². The number of anilines is 1. The standard InChI is InChI=1S/C16H16F2N2O/c1-19-15-13(7-4-8-14(15)18)16(21)20(2)10-11-5-3-6-12(17)9-11/h3-9,19H,10H2,1-2H3. The van der Waals surface area contributed by atoms with Crippen molar-refractivity contribution >= 4 is 11.6 Å². The normalized spacial score (nSPS) is 10.3. The zero-order valence-corrected chi connectivity index (χ0v) is 11.9. The van der Waals surface area contributed by atoms with Gasteiger partial charge in [-0.15, -0.1) is 0 Å². The highest BCUT2D eigenvalue weighted by atomic mass is 19.1. The van der Waals surface area contributed by atoms with E-state index in [0.29, 0.717) is 5.56 Å². The van der Waals surface area contributed by atoms with Crippen LogP contribution in [0.15, 0.2) is 42.5 Å². The predicted octanol–water partition coefficient (Wildman–Crippen LogP) is 3.28. The van der Waals surface area contributed by atoms with Crippen LogP contribution < -0.4 is 5.32 Å². The Kier molecular flexibility index (Phi) is 4.52. The molecule has 0 saturated carbocycles. The number of para-hydroxylation sites is 1. The van der Waals surface area contributed by atoms with E-state index in [1.807, 2.05) is 0 Å². The van der Waals surface area contributed by atoms with Gasteiger partial charge in [-0.05, 0) is 29.8 Å². The molecule has 2 aromatic rings. The van der Waals surface area contributed by atoms with E-state index >= 15 is 0 Å². The number of nitrogens with one attached hydrogen (secondary N) is 1. The molecule has 0 aromatic heterocycles. The van der Waals surface area contributed by atoms with Crippen molar-refractivity contribution in [3.63, 3.8) is 0 Å². The highest BCUT2D eigenvalue weighted by molar-refractivity contribution is 5.99. The highest BCUT2D eigenvalue weighted by Crippen LogP contribution is 2.21. The summed E-state index contributed by atoms with van der Waals surface area (Å²) < 4.78 is 26.8. The number of amides is 1. The van der Waals surface area contributed by atoms with Crippen LogP contribution in [0.3, 0.4) is 0 Å². The Balaban J connectivity index is 2.22. The van der Waals surface area contributed by atoms with E-state index < -0.39 is 5.82 Å². The van der Waals surface area contributed by atoms with Crippen LogP contribution in [0.2, 0.25) is 0 Å². The number of hydrogen-bond acceptors (Lipinski definition) is 2. The summed E-state index contributed by atoms with van der Waals surface area (Å²) in [4.78, 5) is 13.8. The highest BCUT2D eigenvalue weighted by Gasteiger charge is 2.18. The molecular formula is C16H16F2N2O. The van der Waals surface area contributed by atoms with E-state index in [4.69, 9.17) is 0 Å². The smallest absolute Gasteiger partial charge is 0.256 e. The Labute approximate surface area is 122 Å². The lowest BCUT2D eigenvalue weighted by Gasteiger charge is -2.19. The maximum absolute atomic E-state index is 13.7. The van der Waals surface area contributed by atoms with Gasteiger partial charge in [-0.2, -0.15) is 0 Å². The molecule has 0 atom stereocenters. The van der Waals surface area contributed by atoms with Gasteiger partial charge in [0, 0.05) is 20.6 Å². The van der Waals surface area contributed by atoms with E-state index in [-0.39, 0.29) is 29.5 Å². The second kappa shape index (κ2) is 6.35. The molecule has 110 valence electrons. The van der Waals surface area contributed by atoms with E-state index in [1.54, 1.807) is 32.3 Å². The van der Waals surface area contributed by atoms with Gasteiger partial charge in [0.05, 0.1) is 11.3 Å². The molecule has 0 unspecified atom stereocenters. The van der Waals surface area contributed by atoms with Crippen molar-refractivity contribution in [1.29, 1.82) is 0 Å². The van der Waals surface area contributed by atoms with Crippen LogP contribution in [0, 0.1) is 11.6 Å². The molecule has 2 rings (SSSR count). The maximum atomic E-state index is 13.7. The van der Waals surface area contributed by atoms with Crippen molar-refractivity contribution in [2.45, 2.75) is 6.54 Å². The molecule has 0 heterocycles. The summed E-state index contributed by atoms with van der Waals surface area (Å²) in [5.74, 6) is -1.17. The van der Waals surface area contributed by atoms with Crippen LogP contribution >= 0.6 is 0 Å². The Morgan fingerprint density at radius 2 is 1.90 bits per heavy atom. The average Bonchev–Trinajstić information content (AvgIpc) is 2.46. The van der Waals surface area contributed by atoms with Gasteiger partial charge in [-0.1, -0.05) is 18.2 Å². The summed E-state index contributed by atoms with van der Waals surface area (Å²) in [6.07, 6.45) is 0. The first kappa shape index (κ1) is 15.0. The average molecular weight is 290 g/mol. The van der Waals surface area contributed by atoms with Gasteiger partial charge >= 0.3 is 0 Å². The first-order valence-corrected chi connectivity index (χ1v) is 6.49. The molecule has 21 heavy (non-hydrogen) atoms. The maximum Gasteiger partial charge on any atom is 0.256 e. The molecule has 0 aliphatic heterocycles. The molecule has 1 amide bonds. The lowest BCUT2D eigenvalue weighted by atomic mass is 10.1. The third-order valence-corrected chi connectivity index (χ3v) is 3.15. The molecule has 1 N–H and O–H groups in total. The molecule has 3 nitrogen and oxygen atoms in total. The minimum atomic E-state index is -0.484. The van der Waals surface area contributed by atoms with Crippen LogP contribution in [0.25, 0.3) is 0 Å². The van der Waals surface area contributed by atoms with Gasteiger partial charge in [-0.3, -0.25) is 4.79 Å². The summed E-state index contributed by atoms with van der Waals surface area (Å²) in [6, 6.07) is 10.4. The molecule has 0 radical (unpaired) electrons. The minimum absolute atomic E-state index is 0.161. The van der Waals surface area contributed by atoms with Crippen LogP contribution in [-0.4, -0.2) is 24.9 Å². The van der Waals surface area contributed by atoms with Crippen LogP contribution in [0.1, 0.15) is 15.9 Å². The number of nitrogens with zero attached hydrogens (tertiary/aromatic N) is 1. The van der Waals surface area contributed by atoms with Crippen LogP contribution in [-0.2, 0) is 6.54 Å². The van der Waals surface area contributed by atoms with Crippen molar-refractivity contribution in [1.82, 2.24) is 4.90 Å². The van der Waals surface area contributed by atoms with Gasteiger partial charge in [-0.25, -0.2) is 8.78 Å². The van der Waals surface area contributed by atoms with E-state index in [9.17, 15) is 13.6 Å². The number of benzene rings is 2. The van der Waals surface area contributed by atoms with Crippen LogP contribution in [0.5, 0.6) is 0 Å². The molecule has 5 heteroatoms. The zero-order valence-electron chi connectivity index (χ0n) is 11.9. The number of halogens is 2. The summed E-state index contributed by atoms with van der Waals surface area (Å²) in [7, 11) is 3.15. The Bertz CT molecular complexity index is 658. The largest absolute Gasteiger partial charge is 0.385 e. The third kappa shape index (κ3) is 3.37. The number of hydrogen-bond donors (Lipinski definition) is 1. The van der Waals surface area contributed by atoms with Gasteiger partial charge in [0.25, 0.3) is 5.91 Å². The fourth-order valence-electron chi connectivity index (χ4n) is 2.14. The first-order valence-electron chi connectivity index (χ1n) is 6.49.